The molecule has 1 aliphatic rings. The first-order valence-corrected chi connectivity index (χ1v) is 8.59. The molecule has 1 unspecified atom stereocenters. The van der Waals surface area contributed by atoms with Crippen molar-refractivity contribution in [1.82, 2.24) is 15.5 Å². The molecule has 1 aromatic rings. The first-order chi connectivity index (χ1) is 13.7. The van der Waals surface area contributed by atoms with E-state index in [1.54, 1.807) is 6.92 Å². The van der Waals surface area contributed by atoms with Crippen molar-refractivity contribution in [2.45, 2.75) is 26.4 Å². The molecule has 1 aromatic carbocycles. The van der Waals surface area contributed by atoms with Gasteiger partial charge in [0, 0.05) is 19.2 Å². The van der Waals surface area contributed by atoms with E-state index in [9.17, 15) is 34.1 Å². The van der Waals surface area contributed by atoms with Gasteiger partial charge in [-0.1, -0.05) is 6.07 Å². The Kier molecular flexibility index (Phi) is 6.59. The summed E-state index contributed by atoms with van der Waals surface area (Å²) in [6.45, 7) is 2.82. The number of nitrogens with zero attached hydrogens (tertiary/aromatic N) is 2. The molecule has 12 heteroatoms. The maximum Gasteiger partial charge on any atom is 0.321 e. The molecule has 0 aliphatic carbocycles. The molecule has 2 N–H and O–H groups in total. The number of nitro benzene ring substituents is 1. The van der Waals surface area contributed by atoms with Crippen molar-refractivity contribution >= 4 is 35.4 Å². The second kappa shape index (κ2) is 8.91. The Balaban J connectivity index is 1.96. The number of ether oxygens (including phenoxy) is 1. The van der Waals surface area contributed by atoms with E-state index in [2.05, 4.69) is 5.32 Å². The topological polar surface area (TPSA) is 165 Å². The second-order valence-corrected chi connectivity index (χ2v) is 5.95. The third kappa shape index (κ3) is 4.72. The highest BCUT2D eigenvalue weighted by Crippen LogP contribution is 2.30. The number of hydrogen-bond acceptors (Lipinski definition) is 8. The smallest absolute Gasteiger partial charge is 0.321 e. The molecule has 2 rings (SSSR count). The fourth-order valence-corrected chi connectivity index (χ4v) is 2.60. The third-order valence-electron chi connectivity index (χ3n) is 3.96. The highest BCUT2D eigenvalue weighted by molar-refractivity contribution is 6.23. The summed E-state index contributed by atoms with van der Waals surface area (Å²) in [7, 11) is 0. The summed E-state index contributed by atoms with van der Waals surface area (Å²) >= 11 is 0. The number of hydrogen-bond donors (Lipinski definition) is 2. The van der Waals surface area contributed by atoms with E-state index in [0.717, 1.165) is 6.07 Å². The zero-order valence-corrected chi connectivity index (χ0v) is 15.6. The van der Waals surface area contributed by atoms with E-state index < -0.39 is 52.9 Å². The molecule has 5 amide bonds. The van der Waals surface area contributed by atoms with Crippen molar-refractivity contribution in [3.05, 3.63) is 39.4 Å². The van der Waals surface area contributed by atoms with Crippen molar-refractivity contribution in [3.63, 3.8) is 0 Å². The van der Waals surface area contributed by atoms with Crippen molar-refractivity contribution in [3.8, 4) is 0 Å². The molecule has 0 fully saturated rings. The van der Waals surface area contributed by atoms with E-state index in [1.807, 2.05) is 5.32 Å². The number of carbonyl (C=O) groups is 5. The molecule has 1 atom stereocenters. The lowest BCUT2D eigenvalue weighted by Gasteiger charge is -2.15. The fourth-order valence-electron chi connectivity index (χ4n) is 2.60. The molecule has 0 bridgehead atoms. The average Bonchev–Trinajstić information content (AvgIpc) is 2.90. The number of imide groups is 2. The molecule has 29 heavy (non-hydrogen) atoms. The Hall–Kier alpha value is -3.83. The number of benzene rings is 1. The molecule has 0 aromatic heterocycles. The minimum absolute atomic E-state index is 0.118. The Morgan fingerprint density at radius 3 is 2.55 bits per heavy atom. The van der Waals surface area contributed by atoms with Crippen LogP contribution in [0.1, 0.15) is 41.0 Å². The van der Waals surface area contributed by atoms with Crippen LogP contribution in [0, 0.1) is 10.1 Å². The van der Waals surface area contributed by atoms with Gasteiger partial charge in [0.2, 0.25) is 0 Å². The summed E-state index contributed by atoms with van der Waals surface area (Å²) in [6, 6.07) is 2.94. The van der Waals surface area contributed by atoms with Gasteiger partial charge in [0.25, 0.3) is 23.4 Å². The van der Waals surface area contributed by atoms with Crippen LogP contribution in [0.25, 0.3) is 0 Å². The van der Waals surface area contributed by atoms with Crippen LogP contribution >= 0.6 is 0 Å². The average molecular weight is 406 g/mol. The first kappa shape index (κ1) is 21.5. The predicted molar refractivity (Wildman–Crippen MR) is 95.8 cm³/mol. The maximum atomic E-state index is 12.4. The summed E-state index contributed by atoms with van der Waals surface area (Å²) in [5, 5.41) is 15.4. The summed E-state index contributed by atoms with van der Waals surface area (Å²) in [5.41, 5.74) is -0.945. The molecule has 12 nitrogen and oxygen atoms in total. The molecule has 1 heterocycles. The number of fused-ring (bicyclic) bond motifs is 1. The van der Waals surface area contributed by atoms with Gasteiger partial charge < -0.3 is 10.1 Å². The van der Waals surface area contributed by atoms with E-state index in [0.29, 0.717) is 11.4 Å². The van der Waals surface area contributed by atoms with Gasteiger partial charge in [-0.2, -0.15) is 0 Å². The van der Waals surface area contributed by atoms with E-state index in [4.69, 9.17) is 4.74 Å². The minimum atomic E-state index is -1.28. The molecule has 0 saturated heterocycles. The molecule has 154 valence electrons. The van der Waals surface area contributed by atoms with Gasteiger partial charge in [0.05, 0.1) is 16.9 Å². The summed E-state index contributed by atoms with van der Waals surface area (Å²) in [6.07, 6.45) is -1.72. The zero-order valence-electron chi connectivity index (χ0n) is 15.6. The van der Waals surface area contributed by atoms with Crippen molar-refractivity contribution in [2.24, 2.45) is 0 Å². The van der Waals surface area contributed by atoms with Crippen LogP contribution in [0.2, 0.25) is 0 Å². The first-order valence-electron chi connectivity index (χ1n) is 8.59. The predicted octanol–water partition coefficient (Wildman–Crippen LogP) is 0.358. The number of nitro groups is 1. The molecule has 0 radical (unpaired) electrons. The number of rotatable bonds is 7. The second-order valence-electron chi connectivity index (χ2n) is 5.95. The summed E-state index contributed by atoms with van der Waals surface area (Å²) in [4.78, 5) is 70.7. The van der Waals surface area contributed by atoms with Crippen LogP contribution in [-0.2, 0) is 14.3 Å². The van der Waals surface area contributed by atoms with E-state index in [1.165, 1.54) is 19.1 Å². The number of urea groups is 1. The van der Waals surface area contributed by atoms with Crippen molar-refractivity contribution < 1.29 is 33.6 Å². The van der Waals surface area contributed by atoms with E-state index >= 15 is 0 Å². The molecule has 1 aliphatic heterocycles. The third-order valence-corrected chi connectivity index (χ3v) is 3.96. The van der Waals surface area contributed by atoms with Gasteiger partial charge in [0.15, 0.2) is 6.10 Å². The Bertz CT molecular complexity index is 897. The van der Waals surface area contributed by atoms with Crippen LogP contribution in [0.4, 0.5) is 10.5 Å². The fraction of sp³-hybridized carbons (Fsp3) is 0.353. The van der Waals surface area contributed by atoms with Crippen LogP contribution in [0.5, 0.6) is 0 Å². The Morgan fingerprint density at radius 1 is 1.24 bits per heavy atom. The zero-order chi connectivity index (χ0) is 21.7. The van der Waals surface area contributed by atoms with Gasteiger partial charge in [-0.15, -0.1) is 0 Å². The summed E-state index contributed by atoms with van der Waals surface area (Å²) in [5.74, 6) is -3.38. The van der Waals surface area contributed by atoms with Gasteiger partial charge >= 0.3 is 12.0 Å². The van der Waals surface area contributed by atoms with Gasteiger partial charge in [-0.05, 0) is 19.9 Å². The number of carbonyl (C=O) groups excluding carboxylic acids is 5. The number of esters is 1. The largest absolute Gasteiger partial charge is 0.452 e. The number of nitrogens with one attached hydrogen (secondary N) is 2. The molecular weight excluding hydrogens is 388 g/mol. The van der Waals surface area contributed by atoms with Crippen LogP contribution in [0.15, 0.2) is 18.2 Å². The SMILES string of the molecule is CCNC(=O)NC(=O)C(C)OC(=O)CCN1C(=O)c2cccc([N+](=O)[O-])c2C1=O. The normalized spacial score (nSPS) is 13.5. The highest BCUT2D eigenvalue weighted by atomic mass is 16.6. The molecule has 0 saturated carbocycles. The maximum absolute atomic E-state index is 12.4. The van der Waals surface area contributed by atoms with Crippen molar-refractivity contribution in [1.29, 1.82) is 0 Å². The monoisotopic (exact) mass is 406 g/mol. The van der Waals surface area contributed by atoms with Gasteiger partial charge in [-0.25, -0.2) is 4.79 Å². The van der Waals surface area contributed by atoms with Gasteiger partial charge in [-0.3, -0.25) is 39.5 Å². The molecular formula is C17H18N4O8. The summed E-state index contributed by atoms with van der Waals surface area (Å²) < 4.78 is 4.87. The van der Waals surface area contributed by atoms with E-state index in [-0.39, 0.29) is 17.7 Å². The standard InChI is InChI=1S/C17H18N4O8/c1-3-18-17(26)19-14(23)9(2)29-12(22)7-8-20-15(24)10-5-4-6-11(21(27)28)13(10)16(20)25/h4-6,9H,3,7-8H2,1-2H3,(H2,18,19,23,26). The Labute approximate surface area is 164 Å². The van der Waals surface area contributed by atoms with Crippen LogP contribution in [-0.4, -0.2) is 58.7 Å². The Morgan fingerprint density at radius 2 is 1.93 bits per heavy atom. The van der Waals surface area contributed by atoms with Crippen LogP contribution < -0.4 is 10.6 Å². The lowest BCUT2D eigenvalue weighted by atomic mass is 10.1. The lowest BCUT2D eigenvalue weighted by Crippen LogP contribution is -2.44. The minimum Gasteiger partial charge on any atom is -0.452 e. The quantitative estimate of drug-likeness (QED) is 0.283. The number of amides is 5. The van der Waals surface area contributed by atoms with Gasteiger partial charge in [0.1, 0.15) is 5.56 Å². The highest BCUT2D eigenvalue weighted by Gasteiger charge is 2.40. The van der Waals surface area contributed by atoms with Crippen LogP contribution in [0.3, 0.4) is 0 Å². The van der Waals surface area contributed by atoms with Crippen molar-refractivity contribution in [2.75, 3.05) is 13.1 Å². The molecule has 0 spiro atoms. The lowest BCUT2D eigenvalue weighted by molar-refractivity contribution is -0.385.